The Morgan fingerprint density at radius 3 is 2.35 bits per heavy atom. The summed E-state index contributed by atoms with van der Waals surface area (Å²) in [6.45, 7) is 2.42. The predicted molar refractivity (Wildman–Crippen MR) is 109 cm³/mol. The van der Waals surface area contributed by atoms with Crippen molar-refractivity contribution in [2.75, 3.05) is 26.9 Å². The molecule has 0 aliphatic rings. The van der Waals surface area contributed by atoms with Crippen LogP contribution in [0, 0.1) is 20.2 Å². The lowest BCUT2D eigenvalue weighted by atomic mass is 10.1. The monoisotopic (exact) mass is 452 g/mol. The standard InChI is InChI=1S/C18H20N4O8S/c1-3-30-18(24)15-11-31-16(19-15)10-20(5-4-6-29-2)17(23)12-7-13(21(25)26)9-14(8-12)22(27)28/h7-9,11H,3-6,10H2,1-2H3. The van der Waals surface area contributed by atoms with Gasteiger partial charge in [-0.15, -0.1) is 11.3 Å². The first-order valence-electron chi connectivity index (χ1n) is 9.10. The minimum absolute atomic E-state index is 0.00308. The highest BCUT2D eigenvalue weighted by atomic mass is 32.1. The molecule has 13 heteroatoms. The number of nitro groups is 2. The van der Waals surface area contributed by atoms with Crippen molar-refractivity contribution in [1.82, 2.24) is 9.88 Å². The topological polar surface area (TPSA) is 155 Å². The molecule has 0 bridgehead atoms. The van der Waals surface area contributed by atoms with Crippen molar-refractivity contribution >= 4 is 34.6 Å². The zero-order valence-electron chi connectivity index (χ0n) is 16.8. The van der Waals surface area contributed by atoms with E-state index in [0.717, 1.165) is 29.5 Å². The third-order valence-electron chi connectivity index (χ3n) is 4.00. The molecule has 0 unspecified atom stereocenters. The number of thiazole rings is 1. The summed E-state index contributed by atoms with van der Waals surface area (Å²) in [5.41, 5.74) is -1.21. The fourth-order valence-corrected chi connectivity index (χ4v) is 3.39. The number of carbonyl (C=O) groups excluding carboxylic acids is 2. The molecule has 0 N–H and O–H groups in total. The molecule has 0 saturated heterocycles. The molecule has 31 heavy (non-hydrogen) atoms. The number of non-ortho nitro benzene ring substituents is 2. The molecule has 2 rings (SSSR count). The summed E-state index contributed by atoms with van der Waals surface area (Å²) in [5, 5.41) is 24.2. The van der Waals surface area contributed by atoms with Gasteiger partial charge >= 0.3 is 5.97 Å². The number of amides is 1. The van der Waals surface area contributed by atoms with E-state index in [4.69, 9.17) is 9.47 Å². The van der Waals surface area contributed by atoms with Crippen molar-refractivity contribution < 1.29 is 28.9 Å². The Kier molecular flexibility index (Phi) is 8.52. The van der Waals surface area contributed by atoms with E-state index in [1.54, 1.807) is 6.92 Å². The lowest BCUT2D eigenvalue weighted by molar-refractivity contribution is -0.394. The van der Waals surface area contributed by atoms with Gasteiger partial charge in [-0.25, -0.2) is 9.78 Å². The maximum Gasteiger partial charge on any atom is 0.357 e. The highest BCUT2D eigenvalue weighted by Crippen LogP contribution is 2.24. The fraction of sp³-hybridized carbons (Fsp3) is 0.389. The summed E-state index contributed by atoms with van der Waals surface area (Å²) < 4.78 is 9.89. The second-order valence-corrected chi connectivity index (χ2v) is 7.11. The van der Waals surface area contributed by atoms with Crippen LogP contribution in [-0.4, -0.2) is 58.5 Å². The van der Waals surface area contributed by atoms with E-state index in [1.165, 1.54) is 17.4 Å². The number of ether oxygens (including phenoxy) is 2. The Morgan fingerprint density at radius 2 is 1.81 bits per heavy atom. The zero-order chi connectivity index (χ0) is 23.0. The second-order valence-electron chi connectivity index (χ2n) is 6.17. The summed E-state index contributed by atoms with van der Waals surface area (Å²) in [6, 6.07) is 2.77. The first-order chi connectivity index (χ1) is 14.8. The molecule has 0 aliphatic carbocycles. The SMILES string of the molecule is CCOC(=O)c1csc(CN(CCCOC)C(=O)c2cc([N+](=O)[O-])cc([N+](=O)[O-])c2)n1. The Bertz CT molecular complexity index is 945. The molecule has 1 aromatic carbocycles. The van der Waals surface area contributed by atoms with E-state index >= 15 is 0 Å². The molecule has 0 atom stereocenters. The van der Waals surface area contributed by atoms with Gasteiger partial charge in [-0.3, -0.25) is 25.0 Å². The van der Waals surface area contributed by atoms with Crippen LogP contribution >= 0.6 is 11.3 Å². The van der Waals surface area contributed by atoms with Gasteiger partial charge in [0.1, 0.15) is 5.01 Å². The van der Waals surface area contributed by atoms with Gasteiger partial charge in [-0.2, -0.15) is 0 Å². The summed E-state index contributed by atoms with van der Waals surface area (Å²) >= 11 is 1.15. The summed E-state index contributed by atoms with van der Waals surface area (Å²) in [4.78, 5) is 51.0. The minimum atomic E-state index is -0.800. The summed E-state index contributed by atoms with van der Waals surface area (Å²) in [7, 11) is 1.50. The quantitative estimate of drug-likeness (QED) is 0.216. The van der Waals surface area contributed by atoms with Gasteiger partial charge in [0.15, 0.2) is 5.69 Å². The molecule has 1 amide bonds. The van der Waals surface area contributed by atoms with Crippen LogP contribution in [0.3, 0.4) is 0 Å². The first-order valence-corrected chi connectivity index (χ1v) is 9.98. The highest BCUT2D eigenvalue weighted by Gasteiger charge is 2.24. The molecule has 12 nitrogen and oxygen atoms in total. The zero-order valence-corrected chi connectivity index (χ0v) is 17.6. The number of methoxy groups -OCH3 is 1. The van der Waals surface area contributed by atoms with Crippen molar-refractivity contribution in [3.8, 4) is 0 Å². The maximum absolute atomic E-state index is 13.1. The van der Waals surface area contributed by atoms with Gasteiger partial charge in [0.05, 0.1) is 34.6 Å². The molecule has 0 aliphatic heterocycles. The van der Waals surface area contributed by atoms with Crippen molar-refractivity contribution in [3.05, 3.63) is 60.1 Å². The summed E-state index contributed by atoms with van der Waals surface area (Å²) in [5.74, 6) is -1.23. The van der Waals surface area contributed by atoms with Crippen LogP contribution in [0.15, 0.2) is 23.6 Å². The molecule has 1 aromatic heterocycles. The van der Waals surface area contributed by atoms with Crippen LogP contribution < -0.4 is 0 Å². The predicted octanol–water partition coefficient (Wildman–Crippen LogP) is 2.82. The van der Waals surface area contributed by atoms with E-state index in [0.29, 0.717) is 18.0 Å². The average Bonchev–Trinajstić information content (AvgIpc) is 3.21. The molecule has 0 spiro atoms. The van der Waals surface area contributed by atoms with Gasteiger partial charge < -0.3 is 14.4 Å². The Morgan fingerprint density at radius 1 is 1.16 bits per heavy atom. The lowest BCUT2D eigenvalue weighted by Crippen LogP contribution is -2.32. The third kappa shape index (κ3) is 6.52. The van der Waals surface area contributed by atoms with E-state index in [9.17, 15) is 29.8 Å². The van der Waals surface area contributed by atoms with Crippen LogP contribution in [0.1, 0.15) is 39.2 Å². The molecule has 1 heterocycles. The maximum atomic E-state index is 13.1. The molecule has 0 saturated carbocycles. The molecule has 0 radical (unpaired) electrons. The molecule has 0 fully saturated rings. The van der Waals surface area contributed by atoms with Crippen molar-refractivity contribution in [1.29, 1.82) is 0 Å². The van der Waals surface area contributed by atoms with Gasteiger partial charge in [0.25, 0.3) is 17.3 Å². The largest absolute Gasteiger partial charge is 0.461 e. The van der Waals surface area contributed by atoms with Crippen molar-refractivity contribution in [2.45, 2.75) is 19.9 Å². The van der Waals surface area contributed by atoms with Crippen molar-refractivity contribution in [2.24, 2.45) is 0 Å². The van der Waals surface area contributed by atoms with E-state index < -0.39 is 33.1 Å². The van der Waals surface area contributed by atoms with Gasteiger partial charge in [-0.05, 0) is 13.3 Å². The van der Waals surface area contributed by atoms with Crippen LogP contribution in [0.4, 0.5) is 11.4 Å². The fourth-order valence-electron chi connectivity index (χ4n) is 2.61. The second kappa shape index (κ2) is 11.1. The van der Waals surface area contributed by atoms with Gasteiger partial charge in [0.2, 0.25) is 0 Å². The van der Waals surface area contributed by atoms with E-state index in [1.807, 2.05) is 0 Å². The minimum Gasteiger partial charge on any atom is -0.461 e. The Labute approximate surface area is 180 Å². The van der Waals surface area contributed by atoms with Crippen LogP contribution in [0.2, 0.25) is 0 Å². The van der Waals surface area contributed by atoms with Gasteiger partial charge in [0, 0.05) is 37.8 Å². The lowest BCUT2D eigenvalue weighted by Gasteiger charge is -2.21. The highest BCUT2D eigenvalue weighted by molar-refractivity contribution is 7.09. The summed E-state index contributed by atoms with van der Waals surface area (Å²) in [6.07, 6.45) is 0.454. The number of nitrogens with zero attached hydrogens (tertiary/aromatic N) is 4. The number of esters is 1. The van der Waals surface area contributed by atoms with Crippen molar-refractivity contribution in [3.63, 3.8) is 0 Å². The smallest absolute Gasteiger partial charge is 0.357 e. The normalized spacial score (nSPS) is 10.5. The molecular weight excluding hydrogens is 432 g/mol. The van der Waals surface area contributed by atoms with Crippen LogP contribution in [0.25, 0.3) is 0 Å². The number of rotatable bonds is 11. The van der Waals surface area contributed by atoms with E-state index in [2.05, 4.69) is 4.98 Å². The third-order valence-corrected chi connectivity index (χ3v) is 4.83. The number of benzene rings is 1. The van der Waals surface area contributed by atoms with Gasteiger partial charge in [-0.1, -0.05) is 0 Å². The number of nitro benzene ring substituents is 2. The average molecular weight is 452 g/mol. The van der Waals surface area contributed by atoms with Crippen LogP contribution in [0.5, 0.6) is 0 Å². The number of hydrogen-bond donors (Lipinski definition) is 0. The molecular formula is C18H20N4O8S. The molecule has 2 aromatic rings. The Balaban J connectivity index is 2.32. The first kappa shape index (κ1) is 23.8. The molecule has 166 valence electrons. The number of aromatic nitrogens is 1. The van der Waals surface area contributed by atoms with Crippen LogP contribution in [-0.2, 0) is 16.0 Å². The number of carbonyl (C=O) groups is 2. The number of hydrogen-bond acceptors (Lipinski definition) is 10. The van der Waals surface area contributed by atoms with E-state index in [-0.39, 0.29) is 31.0 Å². The Hall–Kier alpha value is -3.45.